The van der Waals surface area contributed by atoms with Crippen molar-refractivity contribution in [1.82, 2.24) is 5.32 Å². The molecule has 1 unspecified atom stereocenters. The number of carbonyl (C=O) groups is 2. The number of benzene rings is 2. The minimum Gasteiger partial charge on any atom is -0.508 e. The summed E-state index contributed by atoms with van der Waals surface area (Å²) in [6, 6.07) is 15.4. The van der Waals surface area contributed by atoms with E-state index in [-0.39, 0.29) is 12.4 Å². The SMILES string of the molecule is O=C(O)/C=C\C(=O)O.OCc1cc(C(O)CNCCCCCCOCCCCc2ccccc2)ccc1O. The van der Waals surface area contributed by atoms with Crippen molar-refractivity contribution in [2.24, 2.45) is 0 Å². The van der Waals surface area contributed by atoms with E-state index in [1.807, 2.05) is 0 Å². The number of rotatable bonds is 18. The van der Waals surface area contributed by atoms with Crippen molar-refractivity contribution in [3.63, 3.8) is 0 Å². The maximum Gasteiger partial charge on any atom is 0.328 e. The van der Waals surface area contributed by atoms with Crippen molar-refractivity contribution in [2.45, 2.75) is 57.7 Å². The lowest BCUT2D eigenvalue weighted by molar-refractivity contribution is -0.134. The molecule has 0 radical (unpaired) electrons. The summed E-state index contributed by atoms with van der Waals surface area (Å²) in [7, 11) is 0. The van der Waals surface area contributed by atoms with Crippen LogP contribution in [-0.4, -0.2) is 63.8 Å². The molecule has 0 fully saturated rings. The van der Waals surface area contributed by atoms with Crippen LogP contribution in [0.5, 0.6) is 5.75 Å². The molecule has 9 heteroatoms. The first kappa shape index (κ1) is 32.8. The monoisotopic (exact) mass is 531 g/mol. The predicted molar refractivity (Wildman–Crippen MR) is 145 cm³/mol. The lowest BCUT2D eigenvalue weighted by Crippen LogP contribution is -2.22. The van der Waals surface area contributed by atoms with Crippen LogP contribution >= 0.6 is 0 Å². The molecule has 0 amide bonds. The zero-order chi connectivity index (χ0) is 28.0. The Bertz CT molecular complexity index is 933. The van der Waals surface area contributed by atoms with Crippen LogP contribution < -0.4 is 5.32 Å². The van der Waals surface area contributed by atoms with Gasteiger partial charge in [-0.3, -0.25) is 0 Å². The Balaban J connectivity index is 0.000000781. The molecule has 0 aliphatic heterocycles. The van der Waals surface area contributed by atoms with Crippen LogP contribution in [0.15, 0.2) is 60.7 Å². The summed E-state index contributed by atoms with van der Waals surface area (Å²) >= 11 is 0. The summed E-state index contributed by atoms with van der Waals surface area (Å²) in [6.07, 6.45) is 8.35. The van der Waals surface area contributed by atoms with E-state index in [4.69, 9.17) is 14.9 Å². The molecule has 0 heterocycles. The van der Waals surface area contributed by atoms with E-state index in [2.05, 4.69) is 35.6 Å². The second kappa shape index (κ2) is 20.8. The number of phenols is 1. The van der Waals surface area contributed by atoms with Crippen LogP contribution in [0.4, 0.5) is 0 Å². The lowest BCUT2D eigenvalue weighted by Gasteiger charge is -2.14. The van der Waals surface area contributed by atoms with Gasteiger partial charge in [-0.2, -0.15) is 0 Å². The van der Waals surface area contributed by atoms with Gasteiger partial charge in [-0.05, 0) is 61.9 Å². The topological polar surface area (TPSA) is 157 Å². The Morgan fingerprint density at radius 1 is 0.868 bits per heavy atom. The summed E-state index contributed by atoms with van der Waals surface area (Å²) in [5, 5.41) is 47.9. The van der Waals surface area contributed by atoms with Gasteiger partial charge in [-0.25, -0.2) is 9.59 Å². The quantitative estimate of drug-likeness (QED) is 0.124. The summed E-state index contributed by atoms with van der Waals surface area (Å²) in [4.78, 5) is 19.1. The van der Waals surface area contributed by atoms with Crippen molar-refractivity contribution in [3.05, 3.63) is 77.4 Å². The van der Waals surface area contributed by atoms with Crippen molar-refractivity contribution in [3.8, 4) is 5.75 Å². The highest BCUT2D eigenvalue weighted by Gasteiger charge is 2.09. The van der Waals surface area contributed by atoms with Crippen LogP contribution in [0.1, 0.15) is 61.3 Å². The van der Waals surface area contributed by atoms with E-state index < -0.39 is 18.0 Å². The Morgan fingerprint density at radius 2 is 1.50 bits per heavy atom. The number of aryl methyl sites for hydroxylation is 1. The number of hydrogen-bond donors (Lipinski definition) is 6. The number of aromatic hydroxyl groups is 1. The van der Waals surface area contributed by atoms with Gasteiger partial charge in [0.15, 0.2) is 0 Å². The van der Waals surface area contributed by atoms with E-state index in [0.717, 1.165) is 58.3 Å². The number of carboxylic acids is 2. The van der Waals surface area contributed by atoms with E-state index in [1.54, 1.807) is 12.1 Å². The molecule has 9 nitrogen and oxygen atoms in total. The minimum absolute atomic E-state index is 0.0533. The first-order valence-electron chi connectivity index (χ1n) is 12.9. The van der Waals surface area contributed by atoms with Crippen molar-refractivity contribution in [1.29, 1.82) is 0 Å². The van der Waals surface area contributed by atoms with Gasteiger partial charge in [0.1, 0.15) is 5.75 Å². The summed E-state index contributed by atoms with van der Waals surface area (Å²) in [6.45, 7) is 2.77. The van der Waals surface area contributed by atoms with Crippen LogP contribution in [0.2, 0.25) is 0 Å². The average Bonchev–Trinajstić information content (AvgIpc) is 2.91. The highest BCUT2D eigenvalue weighted by atomic mass is 16.5. The van der Waals surface area contributed by atoms with Crippen molar-refractivity contribution < 1.29 is 39.9 Å². The van der Waals surface area contributed by atoms with Crippen molar-refractivity contribution >= 4 is 11.9 Å². The van der Waals surface area contributed by atoms with Gasteiger partial charge in [0.25, 0.3) is 0 Å². The Morgan fingerprint density at radius 3 is 2.13 bits per heavy atom. The first-order chi connectivity index (χ1) is 18.3. The molecule has 2 rings (SSSR count). The first-order valence-corrected chi connectivity index (χ1v) is 12.9. The maximum atomic E-state index is 10.2. The predicted octanol–water partition coefficient (Wildman–Crippen LogP) is 3.82. The maximum absolute atomic E-state index is 10.2. The Hall–Kier alpha value is -3.24. The molecule has 2 aromatic carbocycles. The second-order valence-electron chi connectivity index (χ2n) is 8.75. The van der Waals surface area contributed by atoms with Gasteiger partial charge in [-0.15, -0.1) is 0 Å². The molecular weight excluding hydrogens is 490 g/mol. The standard InChI is InChI=1S/C25H37NO4.C4H4O4/c27-20-23-18-22(13-14-24(23)28)25(29)19-26-15-7-1-2-8-16-30-17-9-6-12-21-10-4-3-5-11-21;5-3(6)1-2-4(7)8/h3-5,10-11,13-14,18,25-29H,1-2,6-9,12,15-17,19-20H2;1-2H,(H,5,6)(H,7,8)/b;2-1-. The molecule has 38 heavy (non-hydrogen) atoms. The molecule has 0 saturated heterocycles. The highest BCUT2D eigenvalue weighted by Crippen LogP contribution is 2.22. The molecule has 0 aromatic heterocycles. The van der Waals surface area contributed by atoms with E-state index >= 15 is 0 Å². The zero-order valence-electron chi connectivity index (χ0n) is 21.8. The highest BCUT2D eigenvalue weighted by molar-refractivity contribution is 5.89. The van der Waals surface area contributed by atoms with Gasteiger partial charge in [0, 0.05) is 37.5 Å². The molecule has 0 aliphatic rings. The largest absolute Gasteiger partial charge is 0.508 e. The fourth-order valence-corrected chi connectivity index (χ4v) is 3.53. The number of aliphatic carboxylic acids is 2. The number of aliphatic hydroxyl groups is 2. The summed E-state index contributed by atoms with van der Waals surface area (Å²) in [5.74, 6) is -2.46. The Labute approximate surface area is 224 Å². The molecule has 2 aromatic rings. The number of nitrogens with one attached hydrogen (secondary N) is 1. The van der Waals surface area contributed by atoms with Gasteiger partial charge < -0.3 is 35.6 Å². The molecular formula is C29H41NO8. The summed E-state index contributed by atoms with van der Waals surface area (Å²) < 4.78 is 5.72. The van der Waals surface area contributed by atoms with Gasteiger partial charge >= 0.3 is 11.9 Å². The number of unbranched alkanes of at least 4 members (excludes halogenated alkanes) is 4. The van der Waals surface area contributed by atoms with Crippen LogP contribution in [0.25, 0.3) is 0 Å². The van der Waals surface area contributed by atoms with Gasteiger partial charge in [-0.1, -0.05) is 49.2 Å². The third kappa shape index (κ3) is 16.5. The van der Waals surface area contributed by atoms with Gasteiger partial charge in [0.2, 0.25) is 0 Å². The lowest BCUT2D eigenvalue weighted by atomic mass is 10.1. The molecule has 0 spiro atoms. The fourth-order valence-electron chi connectivity index (χ4n) is 3.53. The molecule has 210 valence electrons. The Kier molecular flexibility index (Phi) is 17.9. The smallest absolute Gasteiger partial charge is 0.328 e. The number of aliphatic hydroxyl groups excluding tert-OH is 2. The fraction of sp³-hybridized carbons (Fsp3) is 0.448. The van der Waals surface area contributed by atoms with Gasteiger partial charge in [0.05, 0.1) is 12.7 Å². The third-order valence-electron chi connectivity index (χ3n) is 5.60. The molecule has 0 saturated carbocycles. The molecule has 0 aliphatic carbocycles. The normalized spacial score (nSPS) is 11.6. The summed E-state index contributed by atoms with van der Waals surface area (Å²) in [5.41, 5.74) is 2.53. The molecule has 0 bridgehead atoms. The number of carboxylic acid groups (broad SMARTS) is 2. The number of ether oxygens (including phenoxy) is 1. The van der Waals surface area contributed by atoms with Crippen LogP contribution in [-0.2, 0) is 27.4 Å². The zero-order valence-corrected chi connectivity index (χ0v) is 21.8. The molecule has 6 N–H and O–H groups in total. The van der Waals surface area contributed by atoms with Crippen LogP contribution in [0, 0.1) is 0 Å². The average molecular weight is 532 g/mol. The minimum atomic E-state index is -1.26. The van der Waals surface area contributed by atoms with Crippen molar-refractivity contribution in [2.75, 3.05) is 26.3 Å². The third-order valence-corrected chi connectivity index (χ3v) is 5.60. The van der Waals surface area contributed by atoms with E-state index in [9.17, 15) is 24.9 Å². The van der Waals surface area contributed by atoms with Crippen LogP contribution in [0.3, 0.4) is 0 Å². The number of hydrogen-bond acceptors (Lipinski definition) is 7. The van der Waals surface area contributed by atoms with E-state index in [0.29, 0.717) is 29.8 Å². The van der Waals surface area contributed by atoms with E-state index in [1.165, 1.54) is 18.1 Å². The second-order valence-corrected chi connectivity index (χ2v) is 8.75. The molecule has 1 atom stereocenters.